The van der Waals surface area contributed by atoms with Gasteiger partial charge in [-0.15, -0.1) is 0 Å². The summed E-state index contributed by atoms with van der Waals surface area (Å²) in [5.74, 6) is 0.872. The Kier molecular flexibility index (Phi) is 5.27. The van der Waals surface area contributed by atoms with Crippen LogP contribution in [0, 0.1) is 13.8 Å². The molecule has 0 saturated carbocycles. The van der Waals surface area contributed by atoms with Gasteiger partial charge in [-0.3, -0.25) is 4.90 Å². The van der Waals surface area contributed by atoms with Crippen molar-refractivity contribution in [3.05, 3.63) is 70.1 Å². The Morgan fingerprint density at radius 2 is 1.70 bits per heavy atom. The first-order chi connectivity index (χ1) is 13.1. The SMILES string of the molecule is Cc1nn(-c2ccccn2)c(C)c1N1CCN(Cc2ccccc2Br)CC1. The quantitative estimate of drug-likeness (QED) is 0.633. The lowest BCUT2D eigenvalue weighted by atomic mass is 10.2. The minimum atomic E-state index is 0.872. The van der Waals surface area contributed by atoms with E-state index in [-0.39, 0.29) is 0 Å². The van der Waals surface area contributed by atoms with Crippen LogP contribution in [0.2, 0.25) is 0 Å². The summed E-state index contributed by atoms with van der Waals surface area (Å²) < 4.78 is 3.15. The van der Waals surface area contributed by atoms with Crippen molar-refractivity contribution in [2.75, 3.05) is 31.1 Å². The van der Waals surface area contributed by atoms with Gasteiger partial charge in [0, 0.05) is 43.4 Å². The van der Waals surface area contributed by atoms with Crippen LogP contribution in [0.1, 0.15) is 17.0 Å². The van der Waals surface area contributed by atoms with Crippen molar-refractivity contribution in [1.29, 1.82) is 0 Å². The van der Waals surface area contributed by atoms with Gasteiger partial charge in [0.1, 0.15) is 0 Å². The number of benzene rings is 1. The fourth-order valence-electron chi connectivity index (χ4n) is 3.79. The van der Waals surface area contributed by atoms with Crippen LogP contribution in [0.5, 0.6) is 0 Å². The van der Waals surface area contributed by atoms with Crippen molar-refractivity contribution in [3.8, 4) is 5.82 Å². The second-order valence-corrected chi connectivity index (χ2v) is 7.83. The Balaban J connectivity index is 1.47. The third-order valence-corrected chi connectivity index (χ3v) is 5.93. The van der Waals surface area contributed by atoms with E-state index in [1.807, 2.05) is 29.1 Å². The highest BCUT2D eigenvalue weighted by Crippen LogP contribution is 2.27. The molecule has 3 heterocycles. The maximum absolute atomic E-state index is 4.75. The third-order valence-electron chi connectivity index (χ3n) is 5.16. The number of halogens is 1. The molecule has 0 amide bonds. The van der Waals surface area contributed by atoms with E-state index in [0.717, 1.165) is 49.9 Å². The van der Waals surface area contributed by atoms with Gasteiger partial charge < -0.3 is 4.90 Å². The molecule has 1 aliphatic heterocycles. The summed E-state index contributed by atoms with van der Waals surface area (Å²) in [6.45, 7) is 9.34. The Morgan fingerprint density at radius 3 is 2.41 bits per heavy atom. The third kappa shape index (κ3) is 3.77. The number of hydrogen-bond acceptors (Lipinski definition) is 4. The Labute approximate surface area is 168 Å². The van der Waals surface area contributed by atoms with Crippen LogP contribution >= 0.6 is 15.9 Å². The summed E-state index contributed by atoms with van der Waals surface area (Å²) in [6, 6.07) is 14.4. The van der Waals surface area contributed by atoms with E-state index in [1.54, 1.807) is 0 Å². The highest BCUT2D eigenvalue weighted by molar-refractivity contribution is 9.10. The maximum atomic E-state index is 4.75. The lowest BCUT2D eigenvalue weighted by molar-refractivity contribution is 0.249. The van der Waals surface area contributed by atoms with Crippen molar-refractivity contribution < 1.29 is 0 Å². The van der Waals surface area contributed by atoms with Gasteiger partial charge in [0.05, 0.1) is 17.1 Å². The summed E-state index contributed by atoms with van der Waals surface area (Å²) in [7, 11) is 0. The number of anilines is 1. The summed E-state index contributed by atoms with van der Waals surface area (Å²) >= 11 is 3.66. The van der Waals surface area contributed by atoms with Crippen LogP contribution in [0.15, 0.2) is 53.1 Å². The van der Waals surface area contributed by atoms with E-state index in [0.29, 0.717) is 0 Å². The lowest BCUT2D eigenvalue weighted by Crippen LogP contribution is -2.46. The molecule has 3 aromatic rings. The molecule has 6 heteroatoms. The predicted molar refractivity (Wildman–Crippen MR) is 112 cm³/mol. The van der Waals surface area contributed by atoms with Crippen LogP contribution in [-0.4, -0.2) is 45.8 Å². The van der Waals surface area contributed by atoms with E-state index in [1.165, 1.54) is 15.7 Å². The molecule has 1 fully saturated rings. The van der Waals surface area contributed by atoms with Gasteiger partial charge in [0.2, 0.25) is 0 Å². The highest BCUT2D eigenvalue weighted by Gasteiger charge is 2.23. The number of nitrogens with zero attached hydrogens (tertiary/aromatic N) is 5. The summed E-state index contributed by atoms with van der Waals surface area (Å²) in [5.41, 5.74) is 4.82. The van der Waals surface area contributed by atoms with Crippen molar-refractivity contribution in [2.24, 2.45) is 0 Å². The highest BCUT2D eigenvalue weighted by atomic mass is 79.9. The Morgan fingerprint density at radius 1 is 0.963 bits per heavy atom. The first-order valence-corrected chi connectivity index (χ1v) is 10.1. The number of aryl methyl sites for hydroxylation is 1. The molecule has 0 N–H and O–H groups in total. The zero-order valence-corrected chi connectivity index (χ0v) is 17.4. The molecule has 2 aromatic heterocycles. The molecule has 0 atom stereocenters. The number of rotatable bonds is 4. The van der Waals surface area contributed by atoms with Gasteiger partial charge in [0.15, 0.2) is 5.82 Å². The fraction of sp³-hybridized carbons (Fsp3) is 0.333. The molecule has 0 radical (unpaired) electrons. The van der Waals surface area contributed by atoms with Crippen LogP contribution in [0.4, 0.5) is 5.69 Å². The molecule has 0 aliphatic carbocycles. The lowest BCUT2D eigenvalue weighted by Gasteiger charge is -2.36. The van der Waals surface area contributed by atoms with Crippen molar-refractivity contribution in [3.63, 3.8) is 0 Å². The molecule has 0 spiro atoms. The van der Waals surface area contributed by atoms with E-state index < -0.39 is 0 Å². The largest absolute Gasteiger partial charge is 0.366 e. The average molecular weight is 426 g/mol. The normalized spacial score (nSPS) is 15.3. The smallest absolute Gasteiger partial charge is 0.153 e. The van der Waals surface area contributed by atoms with Crippen molar-refractivity contribution in [2.45, 2.75) is 20.4 Å². The molecule has 0 bridgehead atoms. The molecule has 27 heavy (non-hydrogen) atoms. The first kappa shape index (κ1) is 18.2. The number of aromatic nitrogens is 3. The second-order valence-electron chi connectivity index (χ2n) is 6.97. The van der Waals surface area contributed by atoms with Crippen molar-refractivity contribution >= 4 is 21.6 Å². The number of pyridine rings is 1. The average Bonchev–Trinajstić information content (AvgIpc) is 2.99. The van der Waals surface area contributed by atoms with E-state index >= 15 is 0 Å². The summed E-state index contributed by atoms with van der Waals surface area (Å²) in [4.78, 5) is 9.43. The molecule has 0 unspecified atom stereocenters. The van der Waals surface area contributed by atoms with Gasteiger partial charge in [-0.1, -0.05) is 40.2 Å². The van der Waals surface area contributed by atoms with Crippen molar-refractivity contribution in [1.82, 2.24) is 19.7 Å². The standard InChI is InChI=1S/C21H24BrN5/c1-16-21(17(2)27(24-16)20-9-5-6-10-23-20)26-13-11-25(12-14-26)15-18-7-3-4-8-19(18)22/h3-10H,11-15H2,1-2H3. The summed E-state index contributed by atoms with van der Waals surface area (Å²) in [6.07, 6.45) is 1.81. The summed E-state index contributed by atoms with van der Waals surface area (Å²) in [5, 5.41) is 4.75. The zero-order chi connectivity index (χ0) is 18.8. The monoisotopic (exact) mass is 425 g/mol. The molecular formula is C21H24BrN5. The number of piperazine rings is 1. The molecular weight excluding hydrogens is 402 g/mol. The topological polar surface area (TPSA) is 37.2 Å². The van der Waals surface area contributed by atoms with Gasteiger partial charge >= 0.3 is 0 Å². The predicted octanol–water partition coefficient (Wildman–Crippen LogP) is 3.97. The minimum Gasteiger partial charge on any atom is -0.366 e. The van der Waals surface area contributed by atoms with Crippen LogP contribution in [0.3, 0.4) is 0 Å². The molecule has 5 nitrogen and oxygen atoms in total. The van der Waals surface area contributed by atoms with E-state index in [2.05, 4.69) is 68.8 Å². The second kappa shape index (κ2) is 7.82. The fourth-order valence-corrected chi connectivity index (χ4v) is 4.20. The maximum Gasteiger partial charge on any atom is 0.153 e. The molecule has 4 rings (SSSR count). The van der Waals surface area contributed by atoms with Gasteiger partial charge in [0.25, 0.3) is 0 Å². The first-order valence-electron chi connectivity index (χ1n) is 9.32. The van der Waals surface area contributed by atoms with Gasteiger partial charge in [-0.05, 0) is 37.6 Å². The molecule has 1 aromatic carbocycles. The van der Waals surface area contributed by atoms with E-state index in [4.69, 9.17) is 5.10 Å². The van der Waals surface area contributed by atoms with Crippen LogP contribution in [-0.2, 0) is 6.54 Å². The van der Waals surface area contributed by atoms with Gasteiger partial charge in [-0.2, -0.15) is 5.10 Å². The van der Waals surface area contributed by atoms with E-state index in [9.17, 15) is 0 Å². The minimum absolute atomic E-state index is 0.872. The van der Waals surface area contributed by atoms with Crippen LogP contribution in [0.25, 0.3) is 5.82 Å². The Bertz CT molecular complexity index is 914. The molecule has 140 valence electrons. The zero-order valence-electron chi connectivity index (χ0n) is 15.8. The van der Waals surface area contributed by atoms with Gasteiger partial charge in [-0.25, -0.2) is 9.67 Å². The van der Waals surface area contributed by atoms with Crippen LogP contribution < -0.4 is 4.90 Å². The number of hydrogen-bond donors (Lipinski definition) is 0. The molecule has 1 aliphatic rings. The Hall–Kier alpha value is -2.18. The molecule has 1 saturated heterocycles.